The molecular weight excluding hydrogens is 350 g/mol. The van der Waals surface area contributed by atoms with Gasteiger partial charge < -0.3 is 14.6 Å². The van der Waals surface area contributed by atoms with Crippen LogP contribution in [0.4, 0.5) is 5.69 Å². The Morgan fingerprint density at radius 2 is 2.04 bits per heavy atom. The second kappa shape index (κ2) is 8.31. The first-order valence-electron chi connectivity index (χ1n) is 8.57. The molecule has 1 aliphatic rings. The van der Waals surface area contributed by atoms with E-state index >= 15 is 0 Å². The van der Waals surface area contributed by atoms with Crippen molar-refractivity contribution in [3.63, 3.8) is 0 Å². The van der Waals surface area contributed by atoms with Crippen molar-refractivity contribution in [3.05, 3.63) is 70.2 Å². The average molecular weight is 369 g/mol. The van der Waals surface area contributed by atoms with Gasteiger partial charge in [-0.2, -0.15) is 0 Å². The van der Waals surface area contributed by atoms with Gasteiger partial charge in [-0.05, 0) is 30.5 Å². The summed E-state index contributed by atoms with van der Waals surface area (Å²) in [5, 5.41) is 13.7. The van der Waals surface area contributed by atoms with Gasteiger partial charge in [0, 0.05) is 37.3 Å². The number of non-ortho nitro benzene ring substituents is 1. The molecule has 1 aromatic carbocycles. The van der Waals surface area contributed by atoms with Crippen LogP contribution in [-0.4, -0.2) is 40.8 Å². The molecule has 3 rings (SSSR count). The van der Waals surface area contributed by atoms with E-state index in [1.165, 1.54) is 30.7 Å². The van der Waals surface area contributed by atoms with E-state index in [0.29, 0.717) is 37.1 Å². The number of hydrogen-bond donors (Lipinski definition) is 1. The summed E-state index contributed by atoms with van der Waals surface area (Å²) >= 11 is 0. The van der Waals surface area contributed by atoms with Crippen LogP contribution in [0.3, 0.4) is 0 Å². The minimum Gasteiger partial charge on any atom is -0.472 e. The maximum Gasteiger partial charge on any atom is 0.270 e. The quantitative estimate of drug-likeness (QED) is 0.495. The summed E-state index contributed by atoms with van der Waals surface area (Å²) in [7, 11) is 0. The van der Waals surface area contributed by atoms with Crippen LogP contribution in [0.25, 0.3) is 6.08 Å². The normalized spacial score (nSPS) is 15.0. The number of carbonyl (C=O) groups excluding carboxylic acids is 2. The van der Waals surface area contributed by atoms with E-state index in [-0.39, 0.29) is 23.5 Å². The van der Waals surface area contributed by atoms with Gasteiger partial charge in [0.15, 0.2) is 0 Å². The van der Waals surface area contributed by atoms with Crippen LogP contribution in [0.1, 0.15) is 28.8 Å². The highest BCUT2D eigenvalue weighted by atomic mass is 16.6. The zero-order valence-corrected chi connectivity index (χ0v) is 14.5. The maximum absolute atomic E-state index is 12.2. The van der Waals surface area contributed by atoms with Crippen molar-refractivity contribution in [1.29, 1.82) is 0 Å². The molecule has 0 unspecified atom stereocenters. The molecule has 1 aromatic heterocycles. The Bertz CT molecular complexity index is 852. The van der Waals surface area contributed by atoms with Crippen LogP contribution in [0.2, 0.25) is 0 Å². The highest BCUT2D eigenvalue weighted by Crippen LogP contribution is 2.16. The Balaban J connectivity index is 1.49. The number of rotatable bonds is 5. The minimum absolute atomic E-state index is 0.0133. The van der Waals surface area contributed by atoms with Crippen molar-refractivity contribution in [2.45, 2.75) is 18.9 Å². The van der Waals surface area contributed by atoms with Crippen molar-refractivity contribution in [1.82, 2.24) is 10.2 Å². The third kappa shape index (κ3) is 4.81. The predicted octanol–water partition coefficient (Wildman–Crippen LogP) is 2.62. The molecule has 1 N–H and O–H groups in total. The van der Waals surface area contributed by atoms with E-state index in [1.54, 1.807) is 29.2 Å². The first-order chi connectivity index (χ1) is 13.0. The summed E-state index contributed by atoms with van der Waals surface area (Å²) in [6.45, 7) is 1.12. The third-order valence-electron chi connectivity index (χ3n) is 4.40. The van der Waals surface area contributed by atoms with Crippen LogP contribution in [0, 0.1) is 10.1 Å². The number of hydrogen-bond acceptors (Lipinski definition) is 5. The molecule has 0 aliphatic carbocycles. The number of piperidine rings is 1. The van der Waals surface area contributed by atoms with Crippen LogP contribution in [0.5, 0.6) is 0 Å². The monoisotopic (exact) mass is 369 g/mol. The summed E-state index contributed by atoms with van der Waals surface area (Å²) in [4.78, 5) is 36.4. The smallest absolute Gasteiger partial charge is 0.270 e. The molecule has 1 saturated heterocycles. The molecule has 0 spiro atoms. The zero-order valence-electron chi connectivity index (χ0n) is 14.5. The molecule has 0 radical (unpaired) electrons. The molecular formula is C19H19N3O5. The van der Waals surface area contributed by atoms with Crippen LogP contribution >= 0.6 is 0 Å². The summed E-state index contributed by atoms with van der Waals surface area (Å²) in [5.74, 6) is -0.333. The number of nitrogens with zero attached hydrogens (tertiary/aromatic N) is 2. The van der Waals surface area contributed by atoms with Gasteiger partial charge in [0.25, 0.3) is 11.6 Å². The first-order valence-corrected chi connectivity index (χ1v) is 8.57. The number of likely N-dealkylation sites (tertiary alicyclic amines) is 1. The second-order valence-corrected chi connectivity index (χ2v) is 6.27. The van der Waals surface area contributed by atoms with Gasteiger partial charge in [0.05, 0.1) is 16.7 Å². The van der Waals surface area contributed by atoms with Gasteiger partial charge in [-0.1, -0.05) is 12.1 Å². The topological polar surface area (TPSA) is 106 Å². The number of nitro benzene ring substituents is 1. The van der Waals surface area contributed by atoms with Crippen molar-refractivity contribution < 1.29 is 18.9 Å². The fourth-order valence-electron chi connectivity index (χ4n) is 2.96. The van der Waals surface area contributed by atoms with Crippen LogP contribution < -0.4 is 5.32 Å². The standard InChI is InChI=1S/C19H19N3O5/c23-18(5-4-14-2-1-3-17(12-14)22(25)26)20-16-6-9-21(10-7-16)19(24)15-8-11-27-13-15/h1-5,8,11-13,16H,6-7,9-10H2,(H,20,23)/b5-4+. The Labute approximate surface area is 155 Å². The van der Waals surface area contributed by atoms with Crippen molar-refractivity contribution in [2.24, 2.45) is 0 Å². The van der Waals surface area contributed by atoms with Crippen LogP contribution in [-0.2, 0) is 4.79 Å². The Kier molecular flexibility index (Phi) is 5.65. The number of carbonyl (C=O) groups is 2. The summed E-state index contributed by atoms with van der Waals surface area (Å²) in [6.07, 6.45) is 7.13. The molecule has 0 bridgehead atoms. The van der Waals surface area contributed by atoms with Gasteiger partial charge in [-0.15, -0.1) is 0 Å². The number of nitro groups is 1. The molecule has 0 atom stereocenters. The highest BCUT2D eigenvalue weighted by Gasteiger charge is 2.24. The Morgan fingerprint density at radius 3 is 2.70 bits per heavy atom. The maximum atomic E-state index is 12.2. The Morgan fingerprint density at radius 1 is 1.26 bits per heavy atom. The molecule has 2 amide bonds. The fourth-order valence-corrected chi connectivity index (χ4v) is 2.96. The number of amides is 2. The van der Waals surface area contributed by atoms with Gasteiger partial charge >= 0.3 is 0 Å². The van der Waals surface area contributed by atoms with E-state index in [4.69, 9.17) is 4.42 Å². The summed E-state index contributed by atoms with van der Waals surface area (Å²) < 4.78 is 4.93. The number of benzene rings is 1. The van der Waals surface area contributed by atoms with E-state index in [2.05, 4.69) is 5.32 Å². The first kappa shape index (κ1) is 18.4. The summed E-state index contributed by atoms with van der Waals surface area (Å²) in [6, 6.07) is 7.69. The predicted molar refractivity (Wildman–Crippen MR) is 97.9 cm³/mol. The third-order valence-corrected chi connectivity index (χ3v) is 4.40. The molecule has 1 aliphatic heterocycles. The van der Waals surface area contributed by atoms with Gasteiger partial charge in [0.1, 0.15) is 6.26 Å². The molecule has 8 heteroatoms. The lowest BCUT2D eigenvalue weighted by atomic mass is 10.0. The van der Waals surface area contributed by atoms with E-state index in [1.807, 2.05) is 0 Å². The van der Waals surface area contributed by atoms with E-state index < -0.39 is 4.92 Å². The lowest BCUT2D eigenvalue weighted by Gasteiger charge is -2.32. The Hall–Kier alpha value is -3.42. The van der Waals surface area contributed by atoms with Crippen molar-refractivity contribution in [3.8, 4) is 0 Å². The second-order valence-electron chi connectivity index (χ2n) is 6.27. The average Bonchev–Trinajstić information content (AvgIpc) is 3.21. The van der Waals surface area contributed by atoms with Crippen molar-refractivity contribution in [2.75, 3.05) is 13.1 Å². The van der Waals surface area contributed by atoms with Gasteiger partial charge in [0.2, 0.25) is 5.91 Å². The zero-order chi connectivity index (χ0) is 19.2. The molecule has 140 valence electrons. The van der Waals surface area contributed by atoms with Gasteiger partial charge in [-0.25, -0.2) is 0 Å². The lowest BCUT2D eigenvalue weighted by Crippen LogP contribution is -2.46. The van der Waals surface area contributed by atoms with E-state index in [0.717, 1.165) is 0 Å². The van der Waals surface area contributed by atoms with Crippen molar-refractivity contribution >= 4 is 23.6 Å². The molecule has 1 fully saturated rings. The SMILES string of the molecule is O=C(/C=C/c1cccc([N+](=O)[O-])c1)NC1CCN(C(=O)c2ccoc2)CC1. The fraction of sp³-hybridized carbons (Fsp3) is 0.263. The molecule has 27 heavy (non-hydrogen) atoms. The number of furan rings is 1. The molecule has 0 saturated carbocycles. The summed E-state index contributed by atoms with van der Waals surface area (Å²) in [5.41, 5.74) is 1.09. The molecule has 2 heterocycles. The minimum atomic E-state index is -0.476. The lowest BCUT2D eigenvalue weighted by molar-refractivity contribution is -0.384. The largest absolute Gasteiger partial charge is 0.472 e. The van der Waals surface area contributed by atoms with Gasteiger partial charge in [-0.3, -0.25) is 19.7 Å². The molecule has 2 aromatic rings. The molecule has 8 nitrogen and oxygen atoms in total. The highest BCUT2D eigenvalue weighted by molar-refractivity contribution is 5.94. The van der Waals surface area contributed by atoms with E-state index in [9.17, 15) is 19.7 Å². The van der Waals surface area contributed by atoms with Crippen LogP contribution in [0.15, 0.2) is 53.4 Å². The number of nitrogens with one attached hydrogen (secondary N) is 1.